The molecule has 0 aromatic carbocycles. The molecular weight excluding hydrogens is 192 g/mol. The van der Waals surface area contributed by atoms with Crippen LogP contribution < -0.4 is 0 Å². The fourth-order valence-electron chi connectivity index (χ4n) is 1.40. The molecule has 1 unspecified atom stereocenters. The Morgan fingerprint density at radius 2 is 2.27 bits per heavy atom. The first-order chi connectivity index (χ1) is 7.13. The third-order valence-corrected chi connectivity index (χ3v) is 2.15. The smallest absolute Gasteiger partial charge is 0.108 e. The lowest BCUT2D eigenvalue weighted by Crippen LogP contribution is -2.24. The first kappa shape index (κ1) is 12.2. The SMILES string of the molecule is CCc1nccn1CC(O)COC(C)C. The van der Waals surface area contributed by atoms with E-state index in [0.717, 1.165) is 12.2 Å². The first-order valence-corrected chi connectivity index (χ1v) is 5.43. The number of nitrogens with zero attached hydrogens (tertiary/aromatic N) is 2. The number of aliphatic hydroxyl groups excluding tert-OH is 1. The third kappa shape index (κ3) is 4.01. The predicted molar refractivity (Wildman–Crippen MR) is 58.7 cm³/mol. The van der Waals surface area contributed by atoms with Crippen LogP contribution in [-0.4, -0.2) is 33.5 Å². The topological polar surface area (TPSA) is 47.3 Å². The molecule has 0 aliphatic rings. The normalized spacial score (nSPS) is 13.4. The fourth-order valence-corrected chi connectivity index (χ4v) is 1.40. The summed E-state index contributed by atoms with van der Waals surface area (Å²) < 4.78 is 7.31. The van der Waals surface area contributed by atoms with E-state index in [1.165, 1.54) is 0 Å². The summed E-state index contributed by atoms with van der Waals surface area (Å²) in [6.45, 7) is 6.90. The van der Waals surface area contributed by atoms with Gasteiger partial charge in [-0.25, -0.2) is 4.98 Å². The van der Waals surface area contributed by atoms with Crippen molar-refractivity contribution in [1.82, 2.24) is 9.55 Å². The van der Waals surface area contributed by atoms with Crippen LogP contribution >= 0.6 is 0 Å². The Labute approximate surface area is 90.9 Å². The van der Waals surface area contributed by atoms with Crippen molar-refractivity contribution in [3.05, 3.63) is 18.2 Å². The van der Waals surface area contributed by atoms with Crippen LogP contribution in [0.4, 0.5) is 0 Å². The van der Waals surface area contributed by atoms with Crippen molar-refractivity contribution in [2.24, 2.45) is 0 Å². The molecular formula is C11H20N2O2. The number of aromatic nitrogens is 2. The number of aliphatic hydroxyl groups is 1. The van der Waals surface area contributed by atoms with E-state index in [1.807, 2.05) is 24.6 Å². The lowest BCUT2D eigenvalue weighted by atomic mass is 10.3. The van der Waals surface area contributed by atoms with Crippen LogP contribution in [0.2, 0.25) is 0 Å². The maximum atomic E-state index is 9.72. The van der Waals surface area contributed by atoms with E-state index < -0.39 is 6.10 Å². The Balaban J connectivity index is 2.40. The largest absolute Gasteiger partial charge is 0.389 e. The van der Waals surface area contributed by atoms with Crippen LogP contribution in [0.25, 0.3) is 0 Å². The molecule has 0 radical (unpaired) electrons. The summed E-state index contributed by atoms with van der Waals surface area (Å²) in [5, 5.41) is 9.72. The minimum Gasteiger partial charge on any atom is -0.389 e. The van der Waals surface area contributed by atoms with Crippen molar-refractivity contribution in [2.45, 2.75) is 45.9 Å². The highest BCUT2D eigenvalue weighted by Gasteiger charge is 2.08. The Morgan fingerprint density at radius 1 is 1.53 bits per heavy atom. The van der Waals surface area contributed by atoms with Gasteiger partial charge in [0.25, 0.3) is 0 Å². The highest BCUT2D eigenvalue weighted by Crippen LogP contribution is 2.02. The zero-order valence-electron chi connectivity index (χ0n) is 9.68. The van der Waals surface area contributed by atoms with E-state index in [1.54, 1.807) is 6.20 Å². The molecule has 1 atom stereocenters. The summed E-state index contributed by atoms with van der Waals surface area (Å²) in [4.78, 5) is 4.19. The summed E-state index contributed by atoms with van der Waals surface area (Å²) in [6.07, 6.45) is 4.22. The van der Waals surface area contributed by atoms with Crippen LogP contribution in [0.1, 0.15) is 26.6 Å². The summed E-state index contributed by atoms with van der Waals surface area (Å²) >= 11 is 0. The standard InChI is InChI=1S/C11H20N2O2/c1-4-11-12-5-6-13(11)7-10(14)8-15-9(2)3/h5-6,9-10,14H,4,7-8H2,1-3H3. The fraction of sp³-hybridized carbons (Fsp3) is 0.727. The molecule has 86 valence electrons. The molecule has 4 heteroatoms. The van der Waals surface area contributed by atoms with E-state index in [2.05, 4.69) is 11.9 Å². The van der Waals surface area contributed by atoms with E-state index in [-0.39, 0.29) is 6.10 Å². The van der Waals surface area contributed by atoms with E-state index >= 15 is 0 Å². The number of ether oxygens (including phenoxy) is 1. The minimum atomic E-state index is -0.466. The zero-order chi connectivity index (χ0) is 11.3. The second kappa shape index (κ2) is 5.88. The van der Waals surface area contributed by atoms with Crippen molar-refractivity contribution < 1.29 is 9.84 Å². The molecule has 4 nitrogen and oxygen atoms in total. The number of hydrogen-bond donors (Lipinski definition) is 1. The number of aryl methyl sites for hydroxylation is 1. The summed E-state index contributed by atoms with van der Waals surface area (Å²) in [6, 6.07) is 0. The number of rotatable bonds is 6. The van der Waals surface area contributed by atoms with Crippen LogP contribution in [0, 0.1) is 0 Å². The maximum absolute atomic E-state index is 9.72. The molecule has 1 heterocycles. The van der Waals surface area contributed by atoms with E-state index in [0.29, 0.717) is 13.2 Å². The minimum absolute atomic E-state index is 0.160. The summed E-state index contributed by atoms with van der Waals surface area (Å²) in [7, 11) is 0. The highest BCUT2D eigenvalue weighted by atomic mass is 16.5. The molecule has 1 N–H and O–H groups in total. The Kier molecular flexibility index (Phi) is 4.78. The molecule has 1 rings (SSSR count). The van der Waals surface area contributed by atoms with Gasteiger partial charge in [0.2, 0.25) is 0 Å². The lowest BCUT2D eigenvalue weighted by Gasteiger charge is -2.15. The molecule has 0 saturated heterocycles. The summed E-state index contributed by atoms with van der Waals surface area (Å²) in [5.74, 6) is 0.999. The molecule has 0 saturated carbocycles. The van der Waals surface area contributed by atoms with Gasteiger partial charge in [-0.2, -0.15) is 0 Å². The monoisotopic (exact) mass is 212 g/mol. The molecule has 1 aromatic rings. The van der Waals surface area contributed by atoms with Crippen molar-refractivity contribution in [3.63, 3.8) is 0 Å². The van der Waals surface area contributed by atoms with Crippen molar-refractivity contribution in [2.75, 3.05) is 6.61 Å². The molecule has 0 spiro atoms. The second-order valence-electron chi connectivity index (χ2n) is 3.89. The molecule has 0 bridgehead atoms. The Bertz CT molecular complexity index is 284. The van der Waals surface area contributed by atoms with Gasteiger partial charge in [-0.05, 0) is 13.8 Å². The molecule has 0 amide bonds. The molecule has 15 heavy (non-hydrogen) atoms. The quantitative estimate of drug-likeness (QED) is 0.771. The van der Waals surface area contributed by atoms with Crippen LogP contribution in [0.5, 0.6) is 0 Å². The molecule has 0 aliphatic carbocycles. The van der Waals surface area contributed by atoms with E-state index in [9.17, 15) is 5.11 Å². The first-order valence-electron chi connectivity index (χ1n) is 5.43. The maximum Gasteiger partial charge on any atom is 0.108 e. The Morgan fingerprint density at radius 3 is 2.87 bits per heavy atom. The van der Waals surface area contributed by atoms with Gasteiger partial charge in [0.1, 0.15) is 5.82 Å². The second-order valence-corrected chi connectivity index (χ2v) is 3.89. The molecule has 0 fully saturated rings. The van der Waals surface area contributed by atoms with Gasteiger partial charge in [0, 0.05) is 18.8 Å². The molecule has 1 aromatic heterocycles. The van der Waals surface area contributed by atoms with Crippen LogP contribution in [0.15, 0.2) is 12.4 Å². The number of hydrogen-bond acceptors (Lipinski definition) is 3. The van der Waals surface area contributed by atoms with Crippen molar-refractivity contribution >= 4 is 0 Å². The van der Waals surface area contributed by atoms with Gasteiger partial charge >= 0.3 is 0 Å². The lowest BCUT2D eigenvalue weighted by molar-refractivity contribution is -0.000973. The van der Waals surface area contributed by atoms with Crippen LogP contribution in [0.3, 0.4) is 0 Å². The average Bonchev–Trinajstić information content (AvgIpc) is 2.62. The Hall–Kier alpha value is -0.870. The third-order valence-electron chi connectivity index (χ3n) is 2.15. The van der Waals surface area contributed by atoms with Gasteiger partial charge in [-0.1, -0.05) is 6.92 Å². The zero-order valence-corrected chi connectivity index (χ0v) is 9.68. The van der Waals surface area contributed by atoms with Gasteiger partial charge in [-0.3, -0.25) is 0 Å². The van der Waals surface area contributed by atoms with Crippen molar-refractivity contribution in [1.29, 1.82) is 0 Å². The number of imidazole rings is 1. The highest BCUT2D eigenvalue weighted by molar-refractivity contribution is 4.92. The predicted octanol–water partition coefficient (Wildman–Crippen LogP) is 1.23. The molecule has 0 aliphatic heterocycles. The average molecular weight is 212 g/mol. The van der Waals surface area contributed by atoms with Gasteiger partial charge < -0.3 is 14.4 Å². The van der Waals surface area contributed by atoms with Gasteiger partial charge in [-0.15, -0.1) is 0 Å². The van der Waals surface area contributed by atoms with Gasteiger partial charge in [0.15, 0.2) is 0 Å². The summed E-state index contributed by atoms with van der Waals surface area (Å²) in [5.41, 5.74) is 0. The van der Waals surface area contributed by atoms with Gasteiger partial charge in [0.05, 0.1) is 25.4 Å². The van der Waals surface area contributed by atoms with E-state index in [4.69, 9.17) is 4.74 Å². The van der Waals surface area contributed by atoms with Crippen molar-refractivity contribution in [3.8, 4) is 0 Å². The van der Waals surface area contributed by atoms with Crippen LogP contribution in [-0.2, 0) is 17.7 Å².